The number of carbonyl (C=O) groups is 2. The Morgan fingerprint density at radius 2 is 2.25 bits per heavy atom. The van der Waals surface area contributed by atoms with Crippen LogP contribution in [-0.4, -0.2) is 50.1 Å². The maximum Gasteiger partial charge on any atom is 0.303 e. The fraction of sp³-hybridized carbons (Fsp3) is 0.800. The van der Waals surface area contributed by atoms with Crippen LogP contribution in [-0.2, 0) is 28.5 Å². The summed E-state index contributed by atoms with van der Waals surface area (Å²) in [6.07, 6.45) is -1.73. The third kappa shape index (κ3) is 1.95. The minimum atomic E-state index is -0.671. The minimum Gasteiger partial charge on any atom is -0.456 e. The number of rotatable bonds is 4. The van der Waals surface area contributed by atoms with Gasteiger partial charge in [0, 0.05) is 20.5 Å². The van der Waals surface area contributed by atoms with Gasteiger partial charge in [0.1, 0.15) is 12.9 Å². The molecule has 0 amide bonds. The SMILES string of the molecule is COCO[C@@H]1[C@H](OC(C)=O)[C@H]2O[C@@H]1CC2=O. The van der Waals surface area contributed by atoms with E-state index in [-0.39, 0.29) is 18.7 Å². The number of ether oxygens (including phenoxy) is 4. The summed E-state index contributed by atoms with van der Waals surface area (Å²) >= 11 is 0. The lowest BCUT2D eigenvalue weighted by molar-refractivity contribution is -0.165. The van der Waals surface area contributed by atoms with E-state index in [1.54, 1.807) is 0 Å². The standard InChI is InChI=1S/C10H14O6/c1-5(11)15-10-8-6(12)3-7(16-8)9(10)14-4-13-2/h7-10H,3-4H2,1-2H3/t7-,8+,9+,10-/m1/s1. The maximum atomic E-state index is 11.4. The number of hydrogen-bond donors (Lipinski definition) is 0. The van der Waals surface area contributed by atoms with Gasteiger partial charge in [-0.05, 0) is 0 Å². The molecule has 2 rings (SSSR count). The van der Waals surface area contributed by atoms with Gasteiger partial charge in [0.15, 0.2) is 18.0 Å². The lowest BCUT2D eigenvalue weighted by Gasteiger charge is -2.26. The van der Waals surface area contributed by atoms with E-state index >= 15 is 0 Å². The highest BCUT2D eigenvalue weighted by Gasteiger charge is 2.56. The lowest BCUT2D eigenvalue weighted by Crippen LogP contribution is -2.46. The van der Waals surface area contributed by atoms with Gasteiger partial charge in [-0.1, -0.05) is 0 Å². The Labute approximate surface area is 92.8 Å². The van der Waals surface area contributed by atoms with Crippen LogP contribution < -0.4 is 0 Å². The van der Waals surface area contributed by atoms with Crippen molar-refractivity contribution in [3.8, 4) is 0 Å². The summed E-state index contributed by atoms with van der Waals surface area (Å²) in [5.41, 5.74) is 0. The quantitative estimate of drug-likeness (QED) is 0.485. The molecular formula is C10H14O6. The molecule has 0 aromatic heterocycles. The highest BCUT2D eigenvalue weighted by molar-refractivity contribution is 5.88. The molecule has 2 saturated heterocycles. The van der Waals surface area contributed by atoms with Crippen LogP contribution in [0.2, 0.25) is 0 Å². The van der Waals surface area contributed by atoms with E-state index in [1.165, 1.54) is 14.0 Å². The van der Waals surface area contributed by atoms with E-state index in [0.717, 1.165) is 0 Å². The van der Waals surface area contributed by atoms with Gasteiger partial charge >= 0.3 is 5.97 Å². The predicted molar refractivity (Wildman–Crippen MR) is 50.6 cm³/mol. The second-order valence-electron chi connectivity index (χ2n) is 3.88. The normalized spacial score (nSPS) is 36.8. The molecule has 0 aromatic carbocycles. The molecule has 0 aliphatic carbocycles. The molecule has 0 saturated carbocycles. The molecule has 6 nitrogen and oxygen atoms in total. The molecule has 0 radical (unpaired) electrons. The Bertz CT molecular complexity index is 302. The van der Waals surface area contributed by atoms with Crippen LogP contribution in [0.15, 0.2) is 0 Å². The molecule has 2 aliphatic heterocycles. The van der Waals surface area contributed by atoms with Crippen molar-refractivity contribution in [1.82, 2.24) is 0 Å². The summed E-state index contributed by atoms with van der Waals surface area (Å²) in [7, 11) is 1.50. The summed E-state index contributed by atoms with van der Waals surface area (Å²) < 4.78 is 20.6. The van der Waals surface area contributed by atoms with Crippen molar-refractivity contribution < 1.29 is 28.5 Å². The van der Waals surface area contributed by atoms with Crippen molar-refractivity contribution in [2.75, 3.05) is 13.9 Å². The molecule has 16 heavy (non-hydrogen) atoms. The zero-order valence-electron chi connectivity index (χ0n) is 9.17. The Morgan fingerprint density at radius 1 is 1.50 bits per heavy atom. The van der Waals surface area contributed by atoms with Crippen molar-refractivity contribution in [2.24, 2.45) is 0 Å². The molecular weight excluding hydrogens is 216 g/mol. The van der Waals surface area contributed by atoms with E-state index < -0.39 is 24.3 Å². The summed E-state index contributed by atoms with van der Waals surface area (Å²) in [5.74, 6) is -0.478. The fourth-order valence-electron chi connectivity index (χ4n) is 2.13. The Kier molecular flexibility index (Phi) is 3.22. The number of esters is 1. The highest BCUT2D eigenvalue weighted by atomic mass is 16.7. The van der Waals surface area contributed by atoms with Crippen molar-refractivity contribution in [1.29, 1.82) is 0 Å². The average molecular weight is 230 g/mol. The molecule has 2 heterocycles. The first-order chi connectivity index (χ1) is 7.63. The first-order valence-electron chi connectivity index (χ1n) is 5.09. The Morgan fingerprint density at radius 3 is 2.88 bits per heavy atom. The van der Waals surface area contributed by atoms with Gasteiger partial charge in [0.2, 0.25) is 0 Å². The topological polar surface area (TPSA) is 71.1 Å². The van der Waals surface area contributed by atoms with Crippen molar-refractivity contribution in [3.63, 3.8) is 0 Å². The van der Waals surface area contributed by atoms with Crippen LogP contribution in [0.3, 0.4) is 0 Å². The molecule has 6 heteroatoms. The number of ketones is 1. The third-order valence-electron chi connectivity index (χ3n) is 2.71. The van der Waals surface area contributed by atoms with Crippen LogP contribution in [0.25, 0.3) is 0 Å². The van der Waals surface area contributed by atoms with E-state index in [0.29, 0.717) is 6.42 Å². The average Bonchev–Trinajstić information content (AvgIpc) is 2.71. The second-order valence-corrected chi connectivity index (χ2v) is 3.88. The van der Waals surface area contributed by atoms with Crippen LogP contribution in [0.1, 0.15) is 13.3 Å². The molecule has 2 aliphatic rings. The van der Waals surface area contributed by atoms with Crippen molar-refractivity contribution in [3.05, 3.63) is 0 Å². The first-order valence-corrected chi connectivity index (χ1v) is 5.09. The van der Waals surface area contributed by atoms with Gasteiger partial charge in [0.05, 0.1) is 6.10 Å². The molecule has 90 valence electrons. The largest absolute Gasteiger partial charge is 0.456 e. The lowest BCUT2D eigenvalue weighted by atomic mass is 9.93. The van der Waals surface area contributed by atoms with Gasteiger partial charge in [-0.3, -0.25) is 9.59 Å². The number of Topliss-reactive ketones (excluding diaryl/α,β-unsaturated/α-hetero) is 1. The van der Waals surface area contributed by atoms with Crippen LogP contribution in [0, 0.1) is 0 Å². The number of fused-ring (bicyclic) bond motifs is 2. The highest BCUT2D eigenvalue weighted by Crippen LogP contribution is 2.36. The summed E-state index contributed by atoms with van der Waals surface area (Å²) in [6, 6.07) is 0. The predicted octanol–water partition coefficient (Wildman–Crippen LogP) is -0.353. The zero-order chi connectivity index (χ0) is 11.7. The van der Waals surface area contributed by atoms with Crippen molar-refractivity contribution in [2.45, 2.75) is 37.8 Å². The number of methoxy groups -OCH3 is 1. The molecule has 0 spiro atoms. The molecule has 0 aromatic rings. The van der Waals surface area contributed by atoms with Gasteiger partial charge < -0.3 is 18.9 Å². The molecule has 0 N–H and O–H groups in total. The molecule has 2 bridgehead atoms. The molecule has 0 unspecified atom stereocenters. The minimum absolute atomic E-state index is 0.0338. The summed E-state index contributed by atoms with van der Waals surface area (Å²) in [4.78, 5) is 22.4. The van der Waals surface area contributed by atoms with Crippen molar-refractivity contribution >= 4 is 11.8 Å². The van der Waals surface area contributed by atoms with Gasteiger partial charge in [-0.25, -0.2) is 0 Å². The van der Waals surface area contributed by atoms with E-state index in [4.69, 9.17) is 18.9 Å². The first kappa shape index (κ1) is 11.5. The van der Waals surface area contributed by atoms with Gasteiger partial charge in [-0.2, -0.15) is 0 Å². The monoisotopic (exact) mass is 230 g/mol. The second kappa shape index (κ2) is 4.48. The van der Waals surface area contributed by atoms with E-state index in [2.05, 4.69) is 0 Å². The number of carbonyl (C=O) groups excluding carboxylic acids is 2. The summed E-state index contributed by atoms with van der Waals surface area (Å²) in [5, 5.41) is 0. The van der Waals surface area contributed by atoms with Gasteiger partial charge in [-0.15, -0.1) is 0 Å². The van der Waals surface area contributed by atoms with E-state index in [9.17, 15) is 9.59 Å². The van der Waals surface area contributed by atoms with Crippen LogP contribution in [0.5, 0.6) is 0 Å². The smallest absolute Gasteiger partial charge is 0.303 e. The molecule has 2 fully saturated rings. The fourth-order valence-corrected chi connectivity index (χ4v) is 2.13. The Balaban J connectivity index is 2.04. The molecule has 4 atom stereocenters. The van der Waals surface area contributed by atoms with Gasteiger partial charge in [0.25, 0.3) is 0 Å². The number of hydrogen-bond acceptors (Lipinski definition) is 6. The summed E-state index contributed by atoms with van der Waals surface area (Å²) in [6.45, 7) is 1.38. The Hall–Kier alpha value is -0.980. The third-order valence-corrected chi connectivity index (χ3v) is 2.71. The van der Waals surface area contributed by atoms with Crippen LogP contribution >= 0.6 is 0 Å². The van der Waals surface area contributed by atoms with E-state index in [1.807, 2.05) is 0 Å². The van der Waals surface area contributed by atoms with Crippen LogP contribution in [0.4, 0.5) is 0 Å². The maximum absolute atomic E-state index is 11.4. The zero-order valence-corrected chi connectivity index (χ0v) is 9.17.